The van der Waals surface area contributed by atoms with Gasteiger partial charge in [0.05, 0.1) is 11.3 Å². The fraction of sp³-hybridized carbons (Fsp3) is 0.333. The Morgan fingerprint density at radius 2 is 2.00 bits per heavy atom. The predicted octanol–water partition coefficient (Wildman–Crippen LogP) is 4.00. The van der Waals surface area contributed by atoms with E-state index in [4.69, 9.17) is 16.7 Å². The van der Waals surface area contributed by atoms with Gasteiger partial charge in [-0.25, -0.2) is 4.98 Å². The van der Waals surface area contributed by atoms with Crippen molar-refractivity contribution in [1.29, 1.82) is 0 Å². The summed E-state index contributed by atoms with van der Waals surface area (Å²) in [7, 11) is 0. The van der Waals surface area contributed by atoms with Crippen molar-refractivity contribution in [3.63, 3.8) is 0 Å². The van der Waals surface area contributed by atoms with Gasteiger partial charge in [0.15, 0.2) is 0 Å². The molecule has 2 aromatic heterocycles. The van der Waals surface area contributed by atoms with Gasteiger partial charge in [-0.2, -0.15) is 13.2 Å². The van der Waals surface area contributed by atoms with Crippen LogP contribution in [0.4, 0.5) is 18.9 Å². The molecule has 2 N–H and O–H groups in total. The molecule has 1 atom stereocenters. The lowest BCUT2D eigenvalue weighted by molar-refractivity contribution is -0.137. The number of pyridine rings is 2. The summed E-state index contributed by atoms with van der Waals surface area (Å²) in [6, 6.07) is 3.78. The van der Waals surface area contributed by atoms with E-state index in [0.717, 1.165) is 12.3 Å². The third-order valence-electron chi connectivity index (χ3n) is 3.20. The maximum absolute atomic E-state index is 12.6. The predicted molar refractivity (Wildman–Crippen MR) is 82.3 cm³/mol. The molecule has 0 aliphatic rings. The molecule has 0 fully saturated rings. The first-order valence-corrected chi connectivity index (χ1v) is 7.25. The van der Waals surface area contributed by atoms with Gasteiger partial charge >= 0.3 is 6.18 Å². The Hall–Kier alpha value is -1.86. The molecule has 0 saturated carbocycles. The van der Waals surface area contributed by atoms with Crippen LogP contribution < -0.4 is 5.32 Å². The van der Waals surface area contributed by atoms with Crippen LogP contribution in [0.1, 0.15) is 18.9 Å². The quantitative estimate of drug-likeness (QED) is 0.804. The van der Waals surface area contributed by atoms with Crippen LogP contribution in [0, 0.1) is 0 Å². The summed E-state index contributed by atoms with van der Waals surface area (Å²) in [4.78, 5) is 7.82. The minimum atomic E-state index is -4.43. The van der Waals surface area contributed by atoms with Crippen molar-refractivity contribution < 1.29 is 18.3 Å². The molecule has 2 heterocycles. The summed E-state index contributed by atoms with van der Waals surface area (Å²) in [5.41, 5.74) is 0.665. The smallest absolute Gasteiger partial charge is 0.396 e. The Morgan fingerprint density at radius 3 is 2.57 bits per heavy atom. The molecule has 0 amide bonds. The molecule has 0 bridgehead atoms. The third-order valence-corrected chi connectivity index (χ3v) is 3.41. The van der Waals surface area contributed by atoms with Gasteiger partial charge in [-0.3, -0.25) is 4.98 Å². The molecule has 2 aromatic rings. The topological polar surface area (TPSA) is 58.0 Å². The molecule has 0 saturated heterocycles. The summed E-state index contributed by atoms with van der Waals surface area (Å²) in [5.74, 6) is 0. The van der Waals surface area contributed by atoms with Crippen molar-refractivity contribution >= 4 is 17.3 Å². The first-order valence-electron chi connectivity index (χ1n) is 6.88. The molecule has 0 aromatic carbocycles. The van der Waals surface area contributed by atoms with Crippen LogP contribution in [0.15, 0.2) is 30.6 Å². The number of hydrogen-bond donors (Lipinski definition) is 2. The summed E-state index contributed by atoms with van der Waals surface area (Å²) in [6.07, 6.45) is -1.68. The molecule has 2 rings (SSSR count). The van der Waals surface area contributed by atoms with Crippen LogP contribution in [0.2, 0.25) is 5.15 Å². The lowest BCUT2D eigenvalue weighted by Gasteiger charge is -2.17. The fourth-order valence-corrected chi connectivity index (χ4v) is 2.16. The van der Waals surface area contributed by atoms with Crippen LogP contribution in [0.25, 0.3) is 11.3 Å². The normalized spacial score (nSPS) is 13.0. The van der Waals surface area contributed by atoms with Crippen LogP contribution in [-0.2, 0) is 6.18 Å². The molecule has 0 spiro atoms. The lowest BCUT2D eigenvalue weighted by atomic mass is 10.1. The Bertz CT molecular complexity index is 662. The van der Waals surface area contributed by atoms with Crippen molar-refractivity contribution in [2.75, 3.05) is 11.9 Å². The molecule has 8 heteroatoms. The minimum Gasteiger partial charge on any atom is -0.396 e. The molecule has 0 aliphatic carbocycles. The number of alkyl halides is 3. The Labute approximate surface area is 136 Å². The van der Waals surface area contributed by atoms with Gasteiger partial charge in [0, 0.05) is 36.3 Å². The van der Waals surface area contributed by atoms with Gasteiger partial charge in [0.1, 0.15) is 5.15 Å². The second-order valence-corrected chi connectivity index (χ2v) is 5.43. The van der Waals surface area contributed by atoms with Crippen molar-refractivity contribution in [3.05, 3.63) is 41.3 Å². The molecule has 0 radical (unpaired) electrons. The zero-order valence-corrected chi connectivity index (χ0v) is 13.0. The van der Waals surface area contributed by atoms with Crippen molar-refractivity contribution in [1.82, 2.24) is 9.97 Å². The van der Waals surface area contributed by atoms with E-state index < -0.39 is 11.7 Å². The van der Waals surface area contributed by atoms with E-state index in [-0.39, 0.29) is 17.8 Å². The maximum atomic E-state index is 12.6. The summed E-state index contributed by atoms with van der Waals surface area (Å²) in [6.45, 7) is 1.88. The number of aliphatic hydroxyl groups is 1. The lowest BCUT2D eigenvalue weighted by Crippen LogP contribution is -2.17. The highest BCUT2D eigenvalue weighted by Gasteiger charge is 2.30. The van der Waals surface area contributed by atoms with Gasteiger partial charge in [0.25, 0.3) is 0 Å². The van der Waals surface area contributed by atoms with Crippen molar-refractivity contribution in [2.45, 2.75) is 25.6 Å². The number of aliphatic hydroxyl groups excluding tert-OH is 1. The molecular formula is C15H15ClF3N3O. The first-order chi connectivity index (χ1) is 10.8. The number of nitrogens with zero attached hydrogens (tertiary/aromatic N) is 2. The number of halogens is 4. The number of anilines is 1. The van der Waals surface area contributed by atoms with E-state index in [0.29, 0.717) is 23.4 Å². The van der Waals surface area contributed by atoms with E-state index in [9.17, 15) is 13.2 Å². The number of aromatic nitrogens is 2. The van der Waals surface area contributed by atoms with E-state index in [1.165, 1.54) is 12.3 Å². The van der Waals surface area contributed by atoms with Gasteiger partial charge in [-0.15, -0.1) is 0 Å². The highest BCUT2D eigenvalue weighted by atomic mass is 35.5. The molecule has 4 nitrogen and oxygen atoms in total. The van der Waals surface area contributed by atoms with E-state index in [2.05, 4.69) is 15.3 Å². The average molecular weight is 346 g/mol. The van der Waals surface area contributed by atoms with Gasteiger partial charge in [-0.05, 0) is 31.5 Å². The number of rotatable bonds is 5. The van der Waals surface area contributed by atoms with Crippen molar-refractivity contribution in [2.24, 2.45) is 0 Å². The van der Waals surface area contributed by atoms with Gasteiger partial charge < -0.3 is 10.4 Å². The maximum Gasteiger partial charge on any atom is 0.417 e. The van der Waals surface area contributed by atoms with E-state index >= 15 is 0 Å². The molecule has 0 aliphatic heterocycles. The Kier molecular flexibility index (Phi) is 5.43. The molecule has 124 valence electrons. The Balaban J connectivity index is 2.35. The molecule has 0 unspecified atom stereocenters. The Morgan fingerprint density at radius 1 is 1.26 bits per heavy atom. The van der Waals surface area contributed by atoms with Crippen LogP contribution in [0.3, 0.4) is 0 Å². The van der Waals surface area contributed by atoms with Gasteiger partial charge in [0.2, 0.25) is 0 Å². The fourth-order valence-electron chi connectivity index (χ4n) is 2.01. The first kappa shape index (κ1) is 17.5. The van der Waals surface area contributed by atoms with Gasteiger partial charge in [-0.1, -0.05) is 11.6 Å². The summed E-state index contributed by atoms with van der Waals surface area (Å²) < 4.78 is 37.8. The number of hydrogen-bond acceptors (Lipinski definition) is 4. The summed E-state index contributed by atoms with van der Waals surface area (Å²) >= 11 is 5.88. The third kappa shape index (κ3) is 4.56. The highest BCUT2D eigenvalue weighted by molar-refractivity contribution is 6.29. The highest BCUT2D eigenvalue weighted by Crippen LogP contribution is 2.32. The average Bonchev–Trinajstić information content (AvgIpc) is 2.47. The second kappa shape index (κ2) is 7.14. The van der Waals surface area contributed by atoms with Crippen LogP contribution >= 0.6 is 11.6 Å². The van der Waals surface area contributed by atoms with Crippen LogP contribution in [-0.4, -0.2) is 27.7 Å². The largest absolute Gasteiger partial charge is 0.417 e. The summed E-state index contributed by atoms with van der Waals surface area (Å²) in [5, 5.41) is 12.4. The van der Waals surface area contributed by atoms with Crippen molar-refractivity contribution in [3.8, 4) is 11.3 Å². The van der Waals surface area contributed by atoms with Crippen LogP contribution in [0.5, 0.6) is 0 Å². The number of nitrogens with one attached hydrogen (secondary N) is 1. The standard InChI is InChI=1S/C15H15ClF3N3O/c1-9(4-5-23)22-13-6-14(16)21-8-11(13)12-3-2-10(7-20-12)15(17,18)19/h2-3,6-9,23H,4-5H2,1H3,(H,21,22)/t9-/m0/s1. The SMILES string of the molecule is C[C@@H](CCO)Nc1cc(Cl)ncc1-c1ccc(C(F)(F)F)cn1. The second-order valence-electron chi connectivity index (χ2n) is 5.04. The molecular weight excluding hydrogens is 331 g/mol. The minimum absolute atomic E-state index is 0.0147. The molecule has 23 heavy (non-hydrogen) atoms. The zero-order chi connectivity index (χ0) is 17.0. The van der Waals surface area contributed by atoms with E-state index in [1.807, 2.05) is 6.92 Å². The van der Waals surface area contributed by atoms with E-state index in [1.54, 1.807) is 6.07 Å². The monoisotopic (exact) mass is 345 g/mol. The zero-order valence-electron chi connectivity index (χ0n) is 12.2.